The molecule has 48 heavy (non-hydrogen) atoms. The molecule has 20 heteroatoms. The summed E-state index contributed by atoms with van der Waals surface area (Å²) in [5.41, 5.74) is -1.16. The second kappa shape index (κ2) is 15.4. The lowest BCUT2D eigenvalue weighted by Crippen LogP contribution is -2.66. The van der Waals surface area contributed by atoms with Crippen molar-refractivity contribution in [3.63, 3.8) is 0 Å². The average molecular weight is 705 g/mol. The Balaban J connectivity index is 1.43. The lowest BCUT2D eigenvalue weighted by molar-refractivity contribution is -0.396. The van der Waals surface area contributed by atoms with Crippen LogP contribution in [0.4, 0.5) is 0 Å². The zero-order valence-electron chi connectivity index (χ0n) is 26.5. The van der Waals surface area contributed by atoms with Crippen molar-refractivity contribution in [1.29, 1.82) is 0 Å². The van der Waals surface area contributed by atoms with Gasteiger partial charge in [-0.3, -0.25) is 0 Å². The molecule has 0 bridgehead atoms. The minimum Gasteiger partial charge on any atom is -0.396 e. The van der Waals surface area contributed by atoms with Gasteiger partial charge in [-0.05, 0) is 13.8 Å². The van der Waals surface area contributed by atoms with E-state index >= 15 is 0 Å². The minimum absolute atomic E-state index is 0.149. The van der Waals surface area contributed by atoms with Crippen LogP contribution in [0, 0.1) is 5.41 Å². The maximum absolute atomic E-state index is 11.1. The van der Waals surface area contributed by atoms with Crippen molar-refractivity contribution >= 4 is 0 Å². The molecule has 5 saturated heterocycles. The van der Waals surface area contributed by atoms with Crippen LogP contribution >= 0.6 is 0 Å². The number of aliphatic hydroxyl groups excluding tert-OH is 11. The fourth-order valence-electron chi connectivity index (χ4n) is 6.14. The van der Waals surface area contributed by atoms with Gasteiger partial charge < -0.3 is 98.8 Å². The molecule has 0 radical (unpaired) electrons. The monoisotopic (exact) mass is 704 g/mol. The molecule has 0 saturated carbocycles. The van der Waals surface area contributed by atoms with E-state index in [2.05, 4.69) is 0 Å². The third-order valence-electron chi connectivity index (χ3n) is 9.52. The molecule has 5 heterocycles. The Labute approximate surface area is 274 Å². The molecule has 0 spiro atoms. The van der Waals surface area contributed by atoms with Crippen molar-refractivity contribution in [3.05, 3.63) is 0 Å². The van der Waals surface area contributed by atoms with Crippen LogP contribution in [0.3, 0.4) is 0 Å². The van der Waals surface area contributed by atoms with Crippen molar-refractivity contribution in [3.8, 4) is 0 Å². The van der Waals surface area contributed by atoms with Crippen LogP contribution in [-0.4, -0.2) is 206 Å². The Kier molecular flexibility index (Phi) is 12.4. The van der Waals surface area contributed by atoms with Crippen molar-refractivity contribution < 1.29 is 98.8 Å². The number of rotatable bonds is 9. The van der Waals surface area contributed by atoms with Gasteiger partial charge in [-0.1, -0.05) is 6.92 Å². The van der Waals surface area contributed by atoms with Gasteiger partial charge in [-0.15, -0.1) is 0 Å². The van der Waals surface area contributed by atoms with E-state index in [0.29, 0.717) is 0 Å². The Hall–Kier alpha value is -0.800. The van der Waals surface area contributed by atoms with E-state index in [0.717, 1.165) is 0 Å². The lowest BCUT2D eigenvalue weighted by Gasteiger charge is -2.48. The summed E-state index contributed by atoms with van der Waals surface area (Å²) < 4.78 is 51.3. The second-order valence-corrected chi connectivity index (χ2v) is 13.3. The molecule has 20 nitrogen and oxygen atoms in total. The first-order valence-corrected chi connectivity index (χ1v) is 15.8. The summed E-state index contributed by atoms with van der Waals surface area (Å²) >= 11 is 0. The Morgan fingerprint density at radius 1 is 0.542 bits per heavy atom. The molecule has 0 aromatic heterocycles. The molecule has 5 aliphatic rings. The highest BCUT2D eigenvalue weighted by Crippen LogP contribution is 2.38. The van der Waals surface area contributed by atoms with E-state index in [-0.39, 0.29) is 6.61 Å². The predicted octanol–water partition coefficient (Wildman–Crippen LogP) is -6.68. The second-order valence-electron chi connectivity index (χ2n) is 13.3. The summed E-state index contributed by atoms with van der Waals surface area (Å²) in [5.74, 6) is 0. The fraction of sp³-hybridized carbons (Fsp3) is 1.00. The van der Waals surface area contributed by atoms with Crippen LogP contribution in [0.25, 0.3) is 0 Å². The van der Waals surface area contributed by atoms with Crippen LogP contribution in [0.5, 0.6) is 0 Å². The van der Waals surface area contributed by atoms with Crippen LogP contribution in [-0.2, 0) is 42.6 Å². The van der Waals surface area contributed by atoms with Gasteiger partial charge in [-0.2, -0.15) is 0 Å². The fourth-order valence-corrected chi connectivity index (χ4v) is 6.14. The molecular weight excluding hydrogens is 656 g/mol. The summed E-state index contributed by atoms with van der Waals surface area (Å²) in [6.07, 6.45) is -31.1. The molecule has 5 rings (SSSR count). The summed E-state index contributed by atoms with van der Waals surface area (Å²) in [4.78, 5) is 0. The van der Waals surface area contributed by atoms with Gasteiger partial charge in [0.25, 0.3) is 0 Å². The van der Waals surface area contributed by atoms with E-state index in [1.165, 1.54) is 20.8 Å². The van der Waals surface area contributed by atoms with Crippen LogP contribution < -0.4 is 0 Å². The molecule has 5 aliphatic heterocycles. The quantitative estimate of drug-likeness (QED) is 0.106. The molecule has 0 aromatic rings. The van der Waals surface area contributed by atoms with Gasteiger partial charge in [0.05, 0.1) is 38.6 Å². The molecule has 5 fully saturated rings. The van der Waals surface area contributed by atoms with Crippen molar-refractivity contribution in [2.24, 2.45) is 5.41 Å². The van der Waals surface area contributed by atoms with Crippen LogP contribution in [0.1, 0.15) is 20.8 Å². The highest BCUT2D eigenvalue weighted by Gasteiger charge is 2.55. The van der Waals surface area contributed by atoms with Crippen molar-refractivity contribution in [2.75, 3.05) is 26.4 Å². The summed E-state index contributed by atoms with van der Waals surface area (Å²) in [6.45, 7) is 2.79. The normalized spacial score (nSPS) is 55.1. The van der Waals surface area contributed by atoms with Crippen molar-refractivity contribution in [2.45, 2.75) is 144 Å². The van der Waals surface area contributed by atoms with Gasteiger partial charge in [0.15, 0.2) is 31.5 Å². The summed E-state index contributed by atoms with van der Waals surface area (Å²) in [6, 6.07) is 0. The molecule has 280 valence electrons. The summed E-state index contributed by atoms with van der Waals surface area (Å²) in [7, 11) is 0. The third kappa shape index (κ3) is 7.54. The van der Waals surface area contributed by atoms with Crippen molar-refractivity contribution in [1.82, 2.24) is 0 Å². The SMILES string of the molecule is C[C@@H]1O[C@H](O[C@@H]2[C@@H](O[C@@H]3OC[C@](C)(CO)[C@H]3O)[C@H](O[C@H]3[C@H](O[C@@H]4[C@@H](O)[C@@H](O)CO[C@H]4O)O[C@@H](C)[C@H](O)[C@H]3O)OC[C@H]2O)[C@H](O)[C@H](O)[C@H]1O. The maximum Gasteiger partial charge on any atom is 0.187 e. The standard InChI is InChI=1S/C28H48O20/c1-8-12(32)15(35)17(37)24(43-8)45-18-11(31)5-41-25(21(18)48-27-22(38)28(3,6-29)7-42-27)47-20-16(36)13(33)9(2)44-26(20)46-19-14(34)10(30)4-40-23(19)39/h8-27,29-39H,4-7H2,1-3H3/t8-,9-,10-,11+,12-,13-,14-,15+,16+,17+,18-,19+,20+,21+,22-,23+,24+,25-,26-,27-,28-/m0/s1. The molecule has 0 aromatic carbocycles. The zero-order chi connectivity index (χ0) is 35.2. The summed E-state index contributed by atoms with van der Waals surface area (Å²) in [5, 5.41) is 116. The Morgan fingerprint density at radius 3 is 1.75 bits per heavy atom. The Morgan fingerprint density at radius 2 is 1.10 bits per heavy atom. The van der Waals surface area contributed by atoms with Crippen LogP contribution in [0.15, 0.2) is 0 Å². The average Bonchev–Trinajstić information content (AvgIpc) is 3.34. The highest BCUT2D eigenvalue weighted by molar-refractivity contribution is 4.97. The smallest absolute Gasteiger partial charge is 0.187 e. The molecule has 0 unspecified atom stereocenters. The number of ether oxygens (including phenoxy) is 9. The van der Waals surface area contributed by atoms with E-state index in [4.69, 9.17) is 42.6 Å². The number of hydrogen-bond donors (Lipinski definition) is 11. The molecule has 0 aliphatic carbocycles. The van der Waals surface area contributed by atoms with Gasteiger partial charge in [0.1, 0.15) is 79.4 Å². The van der Waals surface area contributed by atoms with Gasteiger partial charge in [0.2, 0.25) is 0 Å². The third-order valence-corrected chi connectivity index (χ3v) is 9.52. The number of hydrogen-bond acceptors (Lipinski definition) is 20. The topological polar surface area (TPSA) is 306 Å². The molecule has 11 N–H and O–H groups in total. The Bertz CT molecular complexity index is 1040. The predicted molar refractivity (Wildman–Crippen MR) is 149 cm³/mol. The van der Waals surface area contributed by atoms with E-state index in [9.17, 15) is 56.2 Å². The molecular formula is C28H48O20. The van der Waals surface area contributed by atoms with Gasteiger partial charge in [0, 0.05) is 5.41 Å². The first kappa shape index (κ1) is 38.4. The van der Waals surface area contributed by atoms with Gasteiger partial charge in [-0.25, -0.2) is 0 Å². The maximum atomic E-state index is 11.1. The lowest BCUT2D eigenvalue weighted by atomic mass is 9.88. The number of aliphatic hydroxyl groups is 11. The largest absolute Gasteiger partial charge is 0.396 e. The first-order chi connectivity index (χ1) is 22.6. The molecule has 0 amide bonds. The molecule has 21 atom stereocenters. The highest BCUT2D eigenvalue weighted by atomic mass is 16.8. The van der Waals surface area contributed by atoms with E-state index in [1.807, 2.05) is 0 Å². The van der Waals surface area contributed by atoms with Crippen LogP contribution in [0.2, 0.25) is 0 Å². The van der Waals surface area contributed by atoms with Gasteiger partial charge >= 0.3 is 0 Å². The van der Waals surface area contributed by atoms with E-state index in [1.54, 1.807) is 0 Å². The first-order valence-electron chi connectivity index (χ1n) is 15.8. The minimum atomic E-state index is -1.80. The zero-order valence-corrected chi connectivity index (χ0v) is 26.5. The van der Waals surface area contributed by atoms with E-state index < -0.39 is 148 Å².